The van der Waals surface area contributed by atoms with Crippen LogP contribution >= 0.6 is 0 Å². The van der Waals surface area contributed by atoms with E-state index in [1.165, 1.54) is 5.56 Å². The molecule has 0 bridgehead atoms. The lowest BCUT2D eigenvalue weighted by molar-refractivity contribution is -0.0591. The molecule has 2 aliphatic heterocycles. The lowest BCUT2D eigenvalue weighted by Gasteiger charge is -2.37. The van der Waals surface area contributed by atoms with Crippen molar-refractivity contribution in [1.82, 2.24) is 4.90 Å². The molecule has 1 aliphatic carbocycles. The molecule has 5 nitrogen and oxygen atoms in total. The van der Waals surface area contributed by atoms with Crippen LogP contribution < -0.4 is 9.47 Å². The Morgan fingerprint density at radius 2 is 2.17 bits per heavy atom. The molecule has 0 radical (unpaired) electrons. The third-order valence-corrected chi connectivity index (χ3v) is 5.16. The van der Waals surface area contributed by atoms with Gasteiger partial charge in [-0.1, -0.05) is 12.1 Å². The third-order valence-electron chi connectivity index (χ3n) is 5.16. The van der Waals surface area contributed by atoms with E-state index < -0.39 is 0 Å². The van der Waals surface area contributed by atoms with Gasteiger partial charge in [0.05, 0.1) is 19.3 Å². The van der Waals surface area contributed by atoms with E-state index in [1.807, 2.05) is 12.1 Å². The second-order valence-corrected chi connectivity index (χ2v) is 6.80. The van der Waals surface area contributed by atoms with E-state index in [4.69, 9.17) is 18.9 Å². The maximum Gasteiger partial charge on any atom is 0.231 e. The summed E-state index contributed by atoms with van der Waals surface area (Å²) in [6.07, 6.45) is 4.39. The maximum atomic E-state index is 6.02. The molecule has 1 aromatic rings. The van der Waals surface area contributed by atoms with Crippen molar-refractivity contribution in [3.05, 3.63) is 36.4 Å². The Labute approximate surface area is 143 Å². The van der Waals surface area contributed by atoms with Crippen LogP contribution in [-0.2, 0) is 16.0 Å². The molecule has 2 heterocycles. The zero-order valence-corrected chi connectivity index (χ0v) is 14.0. The molecule has 0 unspecified atom stereocenters. The van der Waals surface area contributed by atoms with Crippen molar-refractivity contribution in [2.75, 3.05) is 33.2 Å². The average molecular weight is 331 g/mol. The van der Waals surface area contributed by atoms with Crippen LogP contribution in [0.4, 0.5) is 0 Å². The van der Waals surface area contributed by atoms with Gasteiger partial charge in [0, 0.05) is 25.7 Å². The molecule has 0 aromatic heterocycles. The number of hydrogen-bond acceptors (Lipinski definition) is 5. The minimum atomic E-state index is 0.327. The maximum absolute atomic E-state index is 6.02. The number of nitrogens with zero attached hydrogens (tertiary/aromatic N) is 1. The molecule has 0 spiro atoms. The summed E-state index contributed by atoms with van der Waals surface area (Å²) in [5, 5.41) is 0. The van der Waals surface area contributed by atoms with Gasteiger partial charge in [-0.2, -0.15) is 0 Å². The molecule has 5 heteroatoms. The summed E-state index contributed by atoms with van der Waals surface area (Å²) >= 11 is 0. The minimum absolute atomic E-state index is 0.327. The van der Waals surface area contributed by atoms with E-state index in [2.05, 4.69) is 23.6 Å². The zero-order valence-electron chi connectivity index (χ0n) is 14.0. The van der Waals surface area contributed by atoms with E-state index in [0.29, 0.717) is 31.5 Å². The molecule has 1 aromatic carbocycles. The van der Waals surface area contributed by atoms with Crippen LogP contribution in [-0.4, -0.2) is 50.2 Å². The highest BCUT2D eigenvalue weighted by atomic mass is 16.7. The molecule has 0 amide bonds. The van der Waals surface area contributed by atoms with Crippen molar-refractivity contribution < 1.29 is 18.9 Å². The van der Waals surface area contributed by atoms with Gasteiger partial charge in [-0.15, -0.1) is 6.58 Å². The fourth-order valence-electron chi connectivity index (χ4n) is 4.05. The van der Waals surface area contributed by atoms with Crippen molar-refractivity contribution in [2.45, 2.75) is 31.5 Å². The molecule has 2 fully saturated rings. The van der Waals surface area contributed by atoms with Gasteiger partial charge in [-0.3, -0.25) is 4.90 Å². The summed E-state index contributed by atoms with van der Waals surface area (Å²) < 4.78 is 22.6. The van der Waals surface area contributed by atoms with Gasteiger partial charge in [0.2, 0.25) is 6.79 Å². The van der Waals surface area contributed by atoms with E-state index in [9.17, 15) is 0 Å². The summed E-state index contributed by atoms with van der Waals surface area (Å²) in [6.45, 7) is 8.19. The Morgan fingerprint density at radius 1 is 1.25 bits per heavy atom. The molecular formula is C19H25NO4. The molecule has 1 saturated heterocycles. The van der Waals surface area contributed by atoms with Gasteiger partial charge in [0.25, 0.3) is 0 Å². The van der Waals surface area contributed by atoms with Crippen LogP contribution in [0.5, 0.6) is 11.5 Å². The summed E-state index contributed by atoms with van der Waals surface area (Å²) in [7, 11) is 0. The van der Waals surface area contributed by atoms with Crippen LogP contribution in [0.15, 0.2) is 30.9 Å². The Balaban J connectivity index is 1.39. The van der Waals surface area contributed by atoms with Gasteiger partial charge < -0.3 is 18.9 Å². The molecule has 130 valence electrons. The van der Waals surface area contributed by atoms with Crippen LogP contribution in [0.25, 0.3) is 0 Å². The predicted octanol–water partition coefficient (Wildman–Crippen LogP) is 2.60. The van der Waals surface area contributed by atoms with E-state index in [1.54, 1.807) is 0 Å². The number of hydrogen-bond donors (Lipinski definition) is 0. The predicted molar refractivity (Wildman–Crippen MR) is 90.2 cm³/mol. The highest BCUT2D eigenvalue weighted by molar-refractivity contribution is 5.44. The Kier molecular flexibility index (Phi) is 4.74. The largest absolute Gasteiger partial charge is 0.454 e. The second-order valence-electron chi connectivity index (χ2n) is 6.80. The average Bonchev–Trinajstić information content (AvgIpc) is 3.21. The normalized spacial score (nSPS) is 28.8. The standard InChI is InChI=1S/C19H25NO4/c1-2-6-21-12-15-8-16-18(10-15)22-7-5-20(16)11-14-3-4-17-19(9-14)24-13-23-17/h2-4,9,15-16,18H,1,5-8,10-13H2/t15-,16-,18+/m0/s1. The first-order chi connectivity index (χ1) is 11.8. The summed E-state index contributed by atoms with van der Waals surface area (Å²) in [5.41, 5.74) is 1.27. The Bertz CT molecular complexity index is 591. The van der Waals surface area contributed by atoms with Crippen molar-refractivity contribution in [3.63, 3.8) is 0 Å². The first kappa shape index (κ1) is 15.9. The van der Waals surface area contributed by atoms with Gasteiger partial charge in [-0.25, -0.2) is 0 Å². The fourth-order valence-corrected chi connectivity index (χ4v) is 4.05. The third kappa shape index (κ3) is 3.29. The van der Waals surface area contributed by atoms with Crippen molar-refractivity contribution in [3.8, 4) is 11.5 Å². The molecular weight excluding hydrogens is 306 g/mol. The molecule has 3 atom stereocenters. The quantitative estimate of drug-likeness (QED) is 0.592. The summed E-state index contributed by atoms with van der Waals surface area (Å²) in [4.78, 5) is 2.55. The van der Waals surface area contributed by atoms with Crippen LogP contribution in [0, 0.1) is 5.92 Å². The first-order valence-electron chi connectivity index (χ1n) is 8.76. The smallest absolute Gasteiger partial charge is 0.231 e. The highest BCUT2D eigenvalue weighted by Gasteiger charge is 2.40. The first-order valence-corrected chi connectivity index (χ1v) is 8.76. The van der Waals surface area contributed by atoms with Crippen molar-refractivity contribution >= 4 is 0 Å². The number of benzene rings is 1. The second kappa shape index (κ2) is 7.13. The summed E-state index contributed by atoms with van der Waals surface area (Å²) in [6, 6.07) is 6.74. The molecule has 0 N–H and O–H groups in total. The van der Waals surface area contributed by atoms with E-state index >= 15 is 0 Å². The van der Waals surface area contributed by atoms with Crippen LogP contribution in [0.1, 0.15) is 18.4 Å². The Morgan fingerprint density at radius 3 is 3.08 bits per heavy atom. The van der Waals surface area contributed by atoms with Gasteiger partial charge in [0.1, 0.15) is 0 Å². The minimum Gasteiger partial charge on any atom is -0.454 e. The van der Waals surface area contributed by atoms with Crippen LogP contribution in [0.2, 0.25) is 0 Å². The molecule has 24 heavy (non-hydrogen) atoms. The molecule has 1 saturated carbocycles. The zero-order chi connectivity index (χ0) is 16.4. The van der Waals surface area contributed by atoms with Gasteiger partial charge >= 0.3 is 0 Å². The monoisotopic (exact) mass is 331 g/mol. The number of fused-ring (bicyclic) bond motifs is 2. The van der Waals surface area contributed by atoms with Gasteiger partial charge in [0.15, 0.2) is 11.5 Å². The van der Waals surface area contributed by atoms with Gasteiger partial charge in [-0.05, 0) is 36.5 Å². The van der Waals surface area contributed by atoms with Crippen molar-refractivity contribution in [1.29, 1.82) is 0 Å². The summed E-state index contributed by atoms with van der Waals surface area (Å²) in [5.74, 6) is 2.29. The Hall–Kier alpha value is -1.56. The fraction of sp³-hybridized carbons (Fsp3) is 0.579. The highest BCUT2D eigenvalue weighted by Crippen LogP contribution is 2.37. The van der Waals surface area contributed by atoms with Crippen molar-refractivity contribution in [2.24, 2.45) is 5.92 Å². The molecule has 3 aliphatic rings. The van der Waals surface area contributed by atoms with E-state index in [-0.39, 0.29) is 0 Å². The lowest BCUT2D eigenvalue weighted by atomic mass is 10.1. The lowest BCUT2D eigenvalue weighted by Crippen LogP contribution is -2.47. The van der Waals surface area contributed by atoms with Crippen LogP contribution in [0.3, 0.4) is 0 Å². The SMILES string of the molecule is C=CCOC[C@@H]1C[C@H]2OCCN(Cc3ccc4c(c3)OCO4)[C@H]2C1. The topological polar surface area (TPSA) is 40.2 Å². The van der Waals surface area contributed by atoms with E-state index in [0.717, 1.165) is 50.6 Å². The number of rotatable bonds is 6. The molecule has 4 rings (SSSR count). The number of ether oxygens (including phenoxy) is 4. The number of morpholine rings is 1.